The summed E-state index contributed by atoms with van der Waals surface area (Å²) in [5.74, 6) is 0.0924. The van der Waals surface area contributed by atoms with E-state index in [2.05, 4.69) is 38.1 Å². The van der Waals surface area contributed by atoms with Gasteiger partial charge in [0.1, 0.15) is 5.84 Å². The lowest BCUT2D eigenvalue weighted by atomic mass is 9.98. The number of ether oxygens (including phenoxy) is 1. The van der Waals surface area contributed by atoms with Crippen LogP contribution in [0.3, 0.4) is 0 Å². The summed E-state index contributed by atoms with van der Waals surface area (Å²) in [5, 5.41) is 7.66. The first-order valence-electron chi connectivity index (χ1n) is 7.26. The second kappa shape index (κ2) is 7.04. The molecule has 21 heavy (non-hydrogen) atoms. The minimum absolute atomic E-state index is 0.0924. The van der Waals surface area contributed by atoms with Crippen molar-refractivity contribution in [1.82, 2.24) is 0 Å². The molecule has 110 valence electrons. The van der Waals surface area contributed by atoms with Crippen LogP contribution in [0.25, 0.3) is 11.1 Å². The molecule has 0 aliphatic rings. The molecule has 2 rings (SSSR count). The number of nitrogens with two attached hydrogens (primary N) is 1. The van der Waals surface area contributed by atoms with E-state index in [9.17, 15) is 0 Å². The Morgan fingerprint density at radius 2 is 1.81 bits per heavy atom. The van der Waals surface area contributed by atoms with Crippen molar-refractivity contribution in [2.24, 2.45) is 5.73 Å². The van der Waals surface area contributed by atoms with Crippen LogP contribution in [0.2, 0.25) is 0 Å². The maximum Gasteiger partial charge on any atom is 0.123 e. The second-order valence-corrected chi connectivity index (χ2v) is 5.19. The molecule has 0 fully saturated rings. The molecule has 0 heterocycles. The molecule has 0 radical (unpaired) electrons. The van der Waals surface area contributed by atoms with Gasteiger partial charge in [0.05, 0.1) is 12.7 Å². The molecule has 1 unspecified atom stereocenters. The lowest BCUT2D eigenvalue weighted by molar-refractivity contribution is 0.0508. The van der Waals surface area contributed by atoms with Crippen LogP contribution in [-0.4, -0.2) is 11.9 Å². The van der Waals surface area contributed by atoms with Crippen LogP contribution in [0.5, 0.6) is 0 Å². The van der Waals surface area contributed by atoms with Crippen molar-refractivity contribution in [2.75, 3.05) is 0 Å². The highest BCUT2D eigenvalue weighted by Crippen LogP contribution is 2.24. The van der Waals surface area contributed by atoms with Gasteiger partial charge in [0.25, 0.3) is 0 Å². The number of amidine groups is 1. The second-order valence-electron chi connectivity index (χ2n) is 5.19. The third-order valence-electron chi connectivity index (χ3n) is 3.59. The molecule has 3 N–H and O–H groups in total. The van der Waals surface area contributed by atoms with Crippen LogP contribution in [0.4, 0.5) is 0 Å². The number of hydrogen-bond acceptors (Lipinski definition) is 2. The van der Waals surface area contributed by atoms with Gasteiger partial charge < -0.3 is 10.5 Å². The van der Waals surface area contributed by atoms with Crippen molar-refractivity contribution in [1.29, 1.82) is 5.41 Å². The Labute approximate surface area is 126 Å². The first-order chi connectivity index (χ1) is 10.1. The Hall–Kier alpha value is -2.13. The first kappa shape index (κ1) is 15.3. The zero-order chi connectivity index (χ0) is 15.2. The lowest BCUT2D eigenvalue weighted by Gasteiger charge is -2.12. The van der Waals surface area contributed by atoms with Gasteiger partial charge in [0.2, 0.25) is 0 Å². The van der Waals surface area contributed by atoms with Gasteiger partial charge in [-0.3, -0.25) is 5.41 Å². The van der Waals surface area contributed by atoms with Crippen molar-refractivity contribution in [3.63, 3.8) is 0 Å². The molecule has 0 aromatic heterocycles. The number of rotatable bonds is 6. The quantitative estimate of drug-likeness (QED) is 0.622. The standard InChI is InChI=1S/C18H22N2O/c1-3-13(2)21-12-14-8-10-15(11-9-14)16-6-4-5-7-17(16)18(19)20/h4-11,13H,3,12H2,1-2H3,(H3,19,20). The third kappa shape index (κ3) is 3.92. The highest BCUT2D eigenvalue weighted by atomic mass is 16.5. The molecule has 0 spiro atoms. The van der Waals surface area contributed by atoms with Gasteiger partial charge in [-0.1, -0.05) is 55.5 Å². The summed E-state index contributed by atoms with van der Waals surface area (Å²) in [7, 11) is 0. The van der Waals surface area contributed by atoms with E-state index in [1.165, 1.54) is 0 Å². The predicted molar refractivity (Wildman–Crippen MR) is 87.4 cm³/mol. The number of benzene rings is 2. The summed E-state index contributed by atoms with van der Waals surface area (Å²) in [6, 6.07) is 16.0. The maximum absolute atomic E-state index is 7.66. The molecule has 0 saturated heterocycles. The van der Waals surface area contributed by atoms with Crippen LogP contribution in [0.15, 0.2) is 48.5 Å². The van der Waals surface area contributed by atoms with Gasteiger partial charge in [0.15, 0.2) is 0 Å². The van der Waals surface area contributed by atoms with Crippen LogP contribution in [-0.2, 0) is 11.3 Å². The molecule has 2 aromatic rings. The number of nitrogens with one attached hydrogen (secondary N) is 1. The SMILES string of the molecule is CCC(C)OCc1ccc(-c2ccccc2C(=N)N)cc1. The summed E-state index contributed by atoms with van der Waals surface area (Å²) in [4.78, 5) is 0. The van der Waals surface area contributed by atoms with Crippen molar-refractivity contribution in [2.45, 2.75) is 33.0 Å². The highest BCUT2D eigenvalue weighted by molar-refractivity contribution is 6.01. The molecular weight excluding hydrogens is 260 g/mol. The van der Waals surface area contributed by atoms with Crippen LogP contribution < -0.4 is 5.73 Å². The molecule has 3 nitrogen and oxygen atoms in total. The number of nitrogen functional groups attached to an aromatic ring is 1. The minimum atomic E-state index is 0.0924. The molecule has 0 amide bonds. The first-order valence-corrected chi connectivity index (χ1v) is 7.26. The Kier molecular flexibility index (Phi) is 5.12. The molecule has 0 aliphatic carbocycles. The van der Waals surface area contributed by atoms with E-state index in [1.54, 1.807) is 0 Å². The van der Waals surface area contributed by atoms with Gasteiger partial charge in [-0.05, 0) is 30.0 Å². The third-order valence-corrected chi connectivity index (χ3v) is 3.59. The molecule has 0 saturated carbocycles. The highest BCUT2D eigenvalue weighted by Gasteiger charge is 2.07. The van der Waals surface area contributed by atoms with E-state index in [1.807, 2.05) is 24.3 Å². The summed E-state index contributed by atoms with van der Waals surface area (Å²) in [6.45, 7) is 4.83. The van der Waals surface area contributed by atoms with E-state index >= 15 is 0 Å². The molecular formula is C18H22N2O. The Morgan fingerprint density at radius 1 is 1.14 bits per heavy atom. The molecule has 0 aliphatic heterocycles. The normalized spacial score (nSPS) is 12.1. The molecule has 3 heteroatoms. The van der Waals surface area contributed by atoms with Gasteiger partial charge in [-0.15, -0.1) is 0 Å². The predicted octanol–water partition coefficient (Wildman–Crippen LogP) is 3.95. The molecule has 2 aromatic carbocycles. The number of hydrogen-bond donors (Lipinski definition) is 2. The van der Waals surface area contributed by atoms with E-state index in [0.29, 0.717) is 6.61 Å². The van der Waals surface area contributed by atoms with Gasteiger partial charge in [-0.2, -0.15) is 0 Å². The summed E-state index contributed by atoms with van der Waals surface area (Å²) in [5.41, 5.74) is 9.61. The Morgan fingerprint density at radius 3 is 2.43 bits per heavy atom. The average Bonchev–Trinajstić information content (AvgIpc) is 2.53. The Balaban J connectivity index is 2.18. The zero-order valence-corrected chi connectivity index (χ0v) is 12.6. The largest absolute Gasteiger partial charge is 0.384 e. The van der Waals surface area contributed by atoms with E-state index in [-0.39, 0.29) is 11.9 Å². The maximum atomic E-state index is 7.66. The van der Waals surface area contributed by atoms with Crippen LogP contribution >= 0.6 is 0 Å². The summed E-state index contributed by atoms with van der Waals surface area (Å²) in [6.07, 6.45) is 1.30. The van der Waals surface area contributed by atoms with E-state index < -0.39 is 0 Å². The average molecular weight is 282 g/mol. The fourth-order valence-electron chi connectivity index (χ4n) is 2.11. The van der Waals surface area contributed by atoms with Crippen LogP contribution in [0.1, 0.15) is 31.4 Å². The van der Waals surface area contributed by atoms with Crippen LogP contribution in [0, 0.1) is 5.41 Å². The Bertz CT molecular complexity index is 605. The minimum Gasteiger partial charge on any atom is -0.384 e. The fraction of sp³-hybridized carbons (Fsp3) is 0.278. The molecule has 1 atom stereocenters. The molecule has 0 bridgehead atoms. The fourth-order valence-corrected chi connectivity index (χ4v) is 2.11. The summed E-state index contributed by atoms with van der Waals surface area (Å²) >= 11 is 0. The van der Waals surface area contributed by atoms with Gasteiger partial charge >= 0.3 is 0 Å². The van der Waals surface area contributed by atoms with Crippen molar-refractivity contribution < 1.29 is 4.74 Å². The van der Waals surface area contributed by atoms with Gasteiger partial charge in [-0.25, -0.2) is 0 Å². The zero-order valence-electron chi connectivity index (χ0n) is 12.6. The van der Waals surface area contributed by atoms with Crippen molar-refractivity contribution in [3.05, 3.63) is 59.7 Å². The van der Waals surface area contributed by atoms with Crippen molar-refractivity contribution >= 4 is 5.84 Å². The van der Waals surface area contributed by atoms with Gasteiger partial charge in [0, 0.05) is 5.56 Å². The lowest BCUT2D eigenvalue weighted by Crippen LogP contribution is -2.12. The van der Waals surface area contributed by atoms with E-state index in [0.717, 1.165) is 28.7 Å². The van der Waals surface area contributed by atoms with Crippen molar-refractivity contribution in [3.8, 4) is 11.1 Å². The topological polar surface area (TPSA) is 59.1 Å². The van der Waals surface area contributed by atoms with E-state index in [4.69, 9.17) is 15.9 Å². The monoisotopic (exact) mass is 282 g/mol. The summed E-state index contributed by atoms with van der Waals surface area (Å²) < 4.78 is 5.73. The smallest absolute Gasteiger partial charge is 0.123 e.